The number of likely N-dealkylation sites (tertiary alicyclic amines) is 1. The number of nitrogens with zero attached hydrogens (tertiary/aromatic N) is 3. The standard InChI is InChI=1S/C42H43F4N5O7/c1-23-27(7-3-9-29(23)38-49-31-17-25(21-48-13-6-12-47-14-16-52)34(57-41(43)44)19-36(31)55-38)28-8-4-10-30(24(28)2)39-50-32-18-26(22-51-15-5-11-33(51)40(53)54)35(58-42(45)46)20-37(32)56-39/h3-4,7-10,17-20,33,41-42,47-48,52H,5-6,11-16,21-22H2,1-2H3,(H,53,54)/t33-/m0/s1. The summed E-state index contributed by atoms with van der Waals surface area (Å²) in [7, 11) is 0. The number of aliphatic hydroxyl groups excluding tert-OH is 1. The van der Waals surface area contributed by atoms with Crippen LogP contribution in [0.1, 0.15) is 41.5 Å². The Kier molecular flexibility index (Phi) is 12.6. The van der Waals surface area contributed by atoms with Gasteiger partial charge in [0.1, 0.15) is 28.6 Å². The number of aromatic nitrogens is 2. The summed E-state index contributed by atoms with van der Waals surface area (Å²) < 4.78 is 75.8. The summed E-state index contributed by atoms with van der Waals surface area (Å²) in [6.45, 7) is 0.451. The number of carbonyl (C=O) groups is 1. The lowest BCUT2D eigenvalue weighted by atomic mass is 9.91. The third kappa shape index (κ3) is 8.94. The van der Waals surface area contributed by atoms with Crippen LogP contribution in [0.25, 0.3) is 56.2 Å². The predicted molar refractivity (Wildman–Crippen MR) is 208 cm³/mol. The third-order valence-corrected chi connectivity index (χ3v) is 10.3. The molecule has 1 aliphatic heterocycles. The first-order valence-electron chi connectivity index (χ1n) is 19.0. The number of carboxylic acid groups (broad SMARTS) is 1. The van der Waals surface area contributed by atoms with Crippen molar-refractivity contribution in [2.75, 3.05) is 32.8 Å². The Morgan fingerprint density at radius 1 is 0.810 bits per heavy atom. The summed E-state index contributed by atoms with van der Waals surface area (Å²) in [6.07, 6.45) is 1.91. The molecule has 1 atom stereocenters. The average Bonchev–Trinajstić information content (AvgIpc) is 3.93. The Morgan fingerprint density at radius 3 is 1.90 bits per heavy atom. The minimum atomic E-state index is -3.10. The molecule has 0 saturated carbocycles. The van der Waals surface area contributed by atoms with Crippen molar-refractivity contribution in [1.82, 2.24) is 25.5 Å². The normalized spacial score (nSPS) is 14.7. The molecule has 3 heterocycles. The summed E-state index contributed by atoms with van der Waals surface area (Å²) in [4.78, 5) is 23.0. The number of ether oxygens (including phenoxy) is 2. The van der Waals surface area contributed by atoms with Crippen LogP contribution in [0.5, 0.6) is 11.5 Å². The molecule has 0 spiro atoms. The van der Waals surface area contributed by atoms with Crippen molar-refractivity contribution in [2.45, 2.75) is 65.5 Å². The highest BCUT2D eigenvalue weighted by atomic mass is 19.3. The quantitative estimate of drug-likeness (QED) is 0.0493. The highest BCUT2D eigenvalue weighted by Crippen LogP contribution is 2.40. The van der Waals surface area contributed by atoms with Gasteiger partial charge in [0.2, 0.25) is 11.8 Å². The van der Waals surface area contributed by atoms with Crippen molar-refractivity contribution in [3.8, 4) is 45.5 Å². The number of fused-ring (bicyclic) bond motifs is 2. The maximum Gasteiger partial charge on any atom is 0.387 e. The van der Waals surface area contributed by atoms with Crippen molar-refractivity contribution in [2.24, 2.45) is 0 Å². The van der Waals surface area contributed by atoms with Gasteiger partial charge in [0.25, 0.3) is 0 Å². The van der Waals surface area contributed by atoms with Crippen LogP contribution in [-0.4, -0.2) is 83.1 Å². The molecule has 6 aromatic rings. The molecule has 1 fully saturated rings. The van der Waals surface area contributed by atoms with E-state index in [1.54, 1.807) is 17.0 Å². The second-order valence-electron chi connectivity index (χ2n) is 14.1. The second kappa shape index (κ2) is 17.9. The fourth-order valence-electron chi connectivity index (χ4n) is 7.50. The summed E-state index contributed by atoms with van der Waals surface area (Å²) in [5, 5.41) is 24.9. The molecule has 4 N–H and O–H groups in total. The topological polar surface area (TPSA) is 155 Å². The lowest BCUT2D eigenvalue weighted by Gasteiger charge is -2.22. The third-order valence-electron chi connectivity index (χ3n) is 10.3. The smallest absolute Gasteiger partial charge is 0.387 e. The van der Waals surface area contributed by atoms with E-state index in [1.807, 2.05) is 50.2 Å². The number of oxazole rings is 2. The first-order chi connectivity index (χ1) is 28.0. The van der Waals surface area contributed by atoms with E-state index in [0.29, 0.717) is 78.2 Å². The van der Waals surface area contributed by atoms with Gasteiger partial charge in [-0.15, -0.1) is 0 Å². The monoisotopic (exact) mass is 805 g/mol. The molecule has 0 aliphatic carbocycles. The molecule has 306 valence electrons. The molecule has 7 rings (SSSR count). The number of nitrogens with one attached hydrogen (secondary N) is 2. The Hall–Kier alpha value is -5.55. The minimum Gasteiger partial charge on any atom is -0.480 e. The van der Waals surface area contributed by atoms with Gasteiger partial charge < -0.3 is 39.2 Å². The Balaban J connectivity index is 1.18. The maximum absolute atomic E-state index is 13.5. The Labute approximate surface area is 330 Å². The molecule has 0 amide bonds. The molecule has 2 aromatic heterocycles. The largest absolute Gasteiger partial charge is 0.480 e. The molecule has 58 heavy (non-hydrogen) atoms. The van der Waals surface area contributed by atoms with E-state index in [-0.39, 0.29) is 48.3 Å². The summed E-state index contributed by atoms with van der Waals surface area (Å²) in [6, 6.07) is 16.7. The first-order valence-corrected chi connectivity index (χ1v) is 19.0. The molecule has 4 aromatic carbocycles. The van der Waals surface area contributed by atoms with Crippen LogP contribution in [0.2, 0.25) is 0 Å². The van der Waals surface area contributed by atoms with Crippen molar-refractivity contribution in [1.29, 1.82) is 0 Å². The van der Waals surface area contributed by atoms with E-state index in [4.69, 9.17) is 33.4 Å². The van der Waals surface area contributed by atoms with Gasteiger partial charge in [0.15, 0.2) is 11.2 Å². The maximum atomic E-state index is 13.5. The highest BCUT2D eigenvalue weighted by molar-refractivity contribution is 5.85. The number of hydrogen-bond acceptors (Lipinski definition) is 11. The van der Waals surface area contributed by atoms with Gasteiger partial charge in [-0.05, 0) is 99.3 Å². The minimum absolute atomic E-state index is 0.0133. The Bertz CT molecular complexity index is 2400. The van der Waals surface area contributed by atoms with Gasteiger partial charge in [0, 0.05) is 54.0 Å². The number of alkyl halides is 4. The highest BCUT2D eigenvalue weighted by Gasteiger charge is 2.31. The van der Waals surface area contributed by atoms with E-state index in [0.717, 1.165) is 28.7 Å². The lowest BCUT2D eigenvalue weighted by Crippen LogP contribution is -2.35. The zero-order chi connectivity index (χ0) is 40.9. The van der Waals surface area contributed by atoms with Crippen LogP contribution >= 0.6 is 0 Å². The zero-order valence-electron chi connectivity index (χ0n) is 31.9. The Morgan fingerprint density at radius 2 is 1.34 bits per heavy atom. The van der Waals surface area contributed by atoms with Crippen LogP contribution in [0.15, 0.2) is 69.5 Å². The van der Waals surface area contributed by atoms with Gasteiger partial charge in [-0.2, -0.15) is 17.6 Å². The molecule has 0 unspecified atom stereocenters. The summed E-state index contributed by atoms with van der Waals surface area (Å²) >= 11 is 0. The molecular formula is C42H43F4N5O7. The van der Waals surface area contributed by atoms with Crippen LogP contribution in [-0.2, 0) is 17.9 Å². The van der Waals surface area contributed by atoms with Crippen LogP contribution < -0.4 is 20.1 Å². The SMILES string of the molecule is Cc1c(-c2nc3cc(CNCCCNCCO)c(OC(F)F)cc3o2)cccc1-c1cccc(-c2nc3cc(CN4CCC[C@H]4C(=O)O)c(OC(F)F)cc3o2)c1C. The molecular weight excluding hydrogens is 762 g/mol. The van der Waals surface area contributed by atoms with E-state index < -0.39 is 25.2 Å². The van der Waals surface area contributed by atoms with Crippen molar-refractivity contribution < 1.29 is 50.9 Å². The number of aliphatic hydroxyl groups is 1. The summed E-state index contributed by atoms with van der Waals surface area (Å²) in [5.74, 6) is -0.527. The molecule has 12 nitrogen and oxygen atoms in total. The number of benzene rings is 4. The van der Waals surface area contributed by atoms with Gasteiger partial charge in [-0.25, -0.2) is 9.97 Å². The molecule has 0 bridgehead atoms. The van der Waals surface area contributed by atoms with E-state index in [1.165, 1.54) is 12.1 Å². The summed E-state index contributed by atoms with van der Waals surface area (Å²) in [5.41, 5.74) is 7.03. The van der Waals surface area contributed by atoms with Crippen molar-refractivity contribution >= 4 is 28.2 Å². The number of halogens is 4. The number of rotatable bonds is 18. The van der Waals surface area contributed by atoms with E-state index >= 15 is 0 Å². The lowest BCUT2D eigenvalue weighted by molar-refractivity contribution is -0.142. The van der Waals surface area contributed by atoms with Crippen LogP contribution in [0.3, 0.4) is 0 Å². The predicted octanol–water partition coefficient (Wildman–Crippen LogP) is 7.90. The van der Waals surface area contributed by atoms with Gasteiger partial charge in [-0.1, -0.05) is 24.3 Å². The molecule has 16 heteroatoms. The fourth-order valence-corrected chi connectivity index (χ4v) is 7.50. The van der Waals surface area contributed by atoms with Gasteiger partial charge >= 0.3 is 19.2 Å². The molecule has 1 saturated heterocycles. The van der Waals surface area contributed by atoms with Gasteiger partial charge in [-0.3, -0.25) is 9.69 Å². The van der Waals surface area contributed by atoms with Crippen molar-refractivity contribution in [3.05, 3.63) is 82.9 Å². The molecule has 1 aliphatic rings. The first kappa shape index (κ1) is 40.6. The van der Waals surface area contributed by atoms with Crippen LogP contribution in [0, 0.1) is 13.8 Å². The molecule has 0 radical (unpaired) electrons. The zero-order valence-corrected chi connectivity index (χ0v) is 31.9. The van der Waals surface area contributed by atoms with Crippen molar-refractivity contribution in [3.63, 3.8) is 0 Å². The number of carboxylic acids is 1. The fraction of sp³-hybridized carbons (Fsp3) is 0.357. The van der Waals surface area contributed by atoms with Crippen LogP contribution in [0.4, 0.5) is 17.6 Å². The van der Waals surface area contributed by atoms with E-state index in [2.05, 4.69) is 10.6 Å². The average molecular weight is 806 g/mol. The van der Waals surface area contributed by atoms with E-state index in [9.17, 15) is 27.5 Å². The number of aliphatic carboxylic acids is 1. The number of hydrogen-bond donors (Lipinski definition) is 4. The second-order valence-corrected chi connectivity index (χ2v) is 14.1. The van der Waals surface area contributed by atoms with Gasteiger partial charge in [0.05, 0.1) is 6.61 Å².